The standard InChI is InChI=1S/C9H8BrClO/c10-8-3-1-7(2-4-8)9(11)5-12-6-9/h1-4H,5-6H2. The van der Waals surface area contributed by atoms with Crippen molar-refractivity contribution in [2.45, 2.75) is 4.87 Å². The van der Waals surface area contributed by atoms with Gasteiger partial charge in [-0.15, -0.1) is 11.6 Å². The zero-order valence-electron chi connectivity index (χ0n) is 6.39. The molecule has 1 aromatic carbocycles. The fourth-order valence-electron chi connectivity index (χ4n) is 1.20. The molecule has 0 bridgehead atoms. The molecule has 3 heteroatoms. The van der Waals surface area contributed by atoms with Crippen molar-refractivity contribution in [2.24, 2.45) is 0 Å². The number of halogens is 2. The lowest BCUT2D eigenvalue weighted by Gasteiger charge is -2.35. The van der Waals surface area contributed by atoms with Crippen molar-refractivity contribution >= 4 is 27.5 Å². The highest BCUT2D eigenvalue weighted by Gasteiger charge is 2.37. The fourth-order valence-corrected chi connectivity index (χ4v) is 1.74. The first-order chi connectivity index (χ1) is 5.71. The van der Waals surface area contributed by atoms with Gasteiger partial charge in [0.2, 0.25) is 0 Å². The first-order valence-corrected chi connectivity index (χ1v) is 4.90. The molecule has 0 aliphatic carbocycles. The maximum atomic E-state index is 6.24. The maximum Gasteiger partial charge on any atom is 0.116 e. The van der Waals surface area contributed by atoms with Gasteiger partial charge < -0.3 is 4.74 Å². The molecule has 1 fully saturated rings. The Morgan fingerprint density at radius 2 is 1.83 bits per heavy atom. The molecule has 64 valence electrons. The summed E-state index contributed by atoms with van der Waals surface area (Å²) < 4.78 is 6.15. The summed E-state index contributed by atoms with van der Waals surface area (Å²) in [5, 5.41) is 0. The van der Waals surface area contributed by atoms with E-state index >= 15 is 0 Å². The van der Waals surface area contributed by atoms with Crippen LogP contribution < -0.4 is 0 Å². The third kappa shape index (κ3) is 1.39. The van der Waals surface area contributed by atoms with E-state index in [-0.39, 0.29) is 4.87 Å². The summed E-state index contributed by atoms with van der Waals surface area (Å²) in [7, 11) is 0. The van der Waals surface area contributed by atoms with Crippen LogP contribution >= 0.6 is 27.5 Å². The summed E-state index contributed by atoms with van der Waals surface area (Å²) in [4.78, 5) is -0.263. The van der Waals surface area contributed by atoms with Crippen LogP contribution in [0.5, 0.6) is 0 Å². The van der Waals surface area contributed by atoms with E-state index in [1.807, 2.05) is 24.3 Å². The Morgan fingerprint density at radius 1 is 1.25 bits per heavy atom. The van der Waals surface area contributed by atoms with Gasteiger partial charge in [-0.2, -0.15) is 0 Å². The molecule has 1 aliphatic rings. The Hall–Kier alpha value is -0.0500. The topological polar surface area (TPSA) is 9.23 Å². The summed E-state index contributed by atoms with van der Waals surface area (Å²) in [5.74, 6) is 0. The zero-order chi connectivity index (χ0) is 8.60. The molecule has 1 nitrogen and oxygen atoms in total. The third-order valence-electron chi connectivity index (χ3n) is 2.02. The highest BCUT2D eigenvalue weighted by atomic mass is 79.9. The minimum Gasteiger partial charge on any atom is -0.377 e. The molecule has 0 spiro atoms. The van der Waals surface area contributed by atoms with Crippen LogP contribution in [0.15, 0.2) is 28.7 Å². The van der Waals surface area contributed by atoms with Gasteiger partial charge in [0.15, 0.2) is 0 Å². The number of ether oxygens (including phenoxy) is 1. The van der Waals surface area contributed by atoms with Gasteiger partial charge in [0.1, 0.15) is 4.87 Å². The fraction of sp³-hybridized carbons (Fsp3) is 0.333. The Bertz CT molecular complexity index is 279. The molecule has 12 heavy (non-hydrogen) atoms. The summed E-state index contributed by atoms with van der Waals surface area (Å²) in [6, 6.07) is 8.05. The normalized spacial score (nSPS) is 20.2. The van der Waals surface area contributed by atoms with Crippen molar-refractivity contribution in [1.82, 2.24) is 0 Å². The number of hydrogen-bond acceptors (Lipinski definition) is 1. The SMILES string of the molecule is ClC1(c2ccc(Br)cc2)COC1. The molecule has 0 amide bonds. The van der Waals surface area contributed by atoms with E-state index in [0.717, 1.165) is 10.0 Å². The lowest BCUT2D eigenvalue weighted by molar-refractivity contribution is -0.0152. The Morgan fingerprint density at radius 3 is 2.25 bits per heavy atom. The molecule has 1 saturated heterocycles. The Labute approximate surface area is 84.8 Å². The lowest BCUT2D eigenvalue weighted by Crippen LogP contribution is -2.41. The molecule has 0 N–H and O–H groups in total. The summed E-state index contributed by atoms with van der Waals surface area (Å²) in [5.41, 5.74) is 1.14. The van der Waals surface area contributed by atoms with Gasteiger partial charge in [0.05, 0.1) is 13.2 Å². The van der Waals surface area contributed by atoms with E-state index in [4.69, 9.17) is 16.3 Å². The van der Waals surface area contributed by atoms with Crippen molar-refractivity contribution in [3.8, 4) is 0 Å². The first-order valence-electron chi connectivity index (χ1n) is 3.73. The van der Waals surface area contributed by atoms with Gasteiger partial charge in [0.25, 0.3) is 0 Å². The predicted molar refractivity (Wildman–Crippen MR) is 52.5 cm³/mol. The zero-order valence-corrected chi connectivity index (χ0v) is 8.73. The molecule has 0 radical (unpaired) electrons. The highest BCUT2D eigenvalue weighted by molar-refractivity contribution is 9.10. The average Bonchev–Trinajstić information content (AvgIpc) is 2.02. The molecule has 1 aliphatic heterocycles. The predicted octanol–water partition coefficient (Wildman–Crippen LogP) is 2.91. The number of alkyl halides is 1. The second-order valence-electron chi connectivity index (χ2n) is 2.96. The van der Waals surface area contributed by atoms with Gasteiger partial charge in [0, 0.05) is 4.47 Å². The van der Waals surface area contributed by atoms with Crippen LogP contribution in [0.1, 0.15) is 5.56 Å². The Kier molecular flexibility index (Phi) is 2.15. The third-order valence-corrected chi connectivity index (χ3v) is 2.99. The monoisotopic (exact) mass is 246 g/mol. The first kappa shape index (κ1) is 8.54. The molecular weight excluding hydrogens is 239 g/mol. The van der Waals surface area contributed by atoms with Crippen molar-refractivity contribution in [1.29, 1.82) is 0 Å². The molecule has 1 heterocycles. The molecule has 0 saturated carbocycles. The number of benzene rings is 1. The van der Waals surface area contributed by atoms with E-state index < -0.39 is 0 Å². The second-order valence-corrected chi connectivity index (χ2v) is 4.60. The van der Waals surface area contributed by atoms with Crippen LogP contribution in [0.4, 0.5) is 0 Å². The van der Waals surface area contributed by atoms with Crippen LogP contribution in [0.2, 0.25) is 0 Å². The molecule has 0 atom stereocenters. The van der Waals surface area contributed by atoms with Gasteiger partial charge in [-0.05, 0) is 17.7 Å². The largest absolute Gasteiger partial charge is 0.377 e. The maximum absolute atomic E-state index is 6.24. The van der Waals surface area contributed by atoms with E-state index in [0.29, 0.717) is 13.2 Å². The van der Waals surface area contributed by atoms with E-state index in [9.17, 15) is 0 Å². The Balaban J connectivity index is 2.28. The van der Waals surface area contributed by atoms with Crippen molar-refractivity contribution in [3.63, 3.8) is 0 Å². The van der Waals surface area contributed by atoms with Crippen LogP contribution in [-0.2, 0) is 9.61 Å². The summed E-state index contributed by atoms with van der Waals surface area (Å²) >= 11 is 9.62. The summed E-state index contributed by atoms with van der Waals surface area (Å²) in [6.07, 6.45) is 0. The minimum atomic E-state index is -0.263. The van der Waals surface area contributed by atoms with Gasteiger partial charge in [-0.25, -0.2) is 0 Å². The van der Waals surface area contributed by atoms with Crippen LogP contribution in [0.3, 0.4) is 0 Å². The average molecular weight is 248 g/mol. The molecule has 0 aromatic heterocycles. The minimum absolute atomic E-state index is 0.263. The van der Waals surface area contributed by atoms with Crippen LogP contribution in [-0.4, -0.2) is 13.2 Å². The van der Waals surface area contributed by atoms with E-state index in [2.05, 4.69) is 15.9 Å². The van der Waals surface area contributed by atoms with Gasteiger partial charge in [-0.3, -0.25) is 0 Å². The van der Waals surface area contributed by atoms with Gasteiger partial charge in [-0.1, -0.05) is 28.1 Å². The highest BCUT2D eigenvalue weighted by Crippen LogP contribution is 2.36. The van der Waals surface area contributed by atoms with Crippen LogP contribution in [0, 0.1) is 0 Å². The van der Waals surface area contributed by atoms with Crippen molar-refractivity contribution < 1.29 is 4.74 Å². The van der Waals surface area contributed by atoms with Crippen LogP contribution in [0.25, 0.3) is 0 Å². The lowest BCUT2D eigenvalue weighted by atomic mass is 9.97. The molecular formula is C9H8BrClO. The van der Waals surface area contributed by atoms with Gasteiger partial charge >= 0.3 is 0 Å². The number of hydrogen-bond donors (Lipinski definition) is 0. The van der Waals surface area contributed by atoms with E-state index in [1.54, 1.807) is 0 Å². The van der Waals surface area contributed by atoms with E-state index in [1.165, 1.54) is 0 Å². The molecule has 2 rings (SSSR count). The van der Waals surface area contributed by atoms with Crippen molar-refractivity contribution in [3.05, 3.63) is 34.3 Å². The molecule has 0 unspecified atom stereocenters. The number of rotatable bonds is 1. The molecule has 1 aromatic rings. The smallest absolute Gasteiger partial charge is 0.116 e. The summed E-state index contributed by atoms with van der Waals surface area (Å²) in [6.45, 7) is 1.24. The van der Waals surface area contributed by atoms with Crippen molar-refractivity contribution in [2.75, 3.05) is 13.2 Å². The quantitative estimate of drug-likeness (QED) is 0.694. The second kappa shape index (κ2) is 3.02.